The molecular formula is C31H37ClO5. The average molecular weight is 525 g/mol. The quantitative estimate of drug-likeness (QED) is 0.210. The van der Waals surface area contributed by atoms with Crippen LogP contribution in [-0.2, 0) is 38.8 Å². The van der Waals surface area contributed by atoms with E-state index in [0.29, 0.717) is 38.7 Å². The predicted molar refractivity (Wildman–Crippen MR) is 145 cm³/mol. The minimum Gasteiger partial charge on any atom is -0.388 e. The van der Waals surface area contributed by atoms with Crippen LogP contribution < -0.4 is 0 Å². The molecule has 0 spiro atoms. The van der Waals surface area contributed by atoms with Crippen molar-refractivity contribution in [2.45, 2.75) is 69.6 Å². The molecule has 1 aliphatic heterocycles. The van der Waals surface area contributed by atoms with Crippen molar-refractivity contribution >= 4 is 11.6 Å². The number of alkyl halides is 1. The minimum absolute atomic E-state index is 0.332. The molecule has 0 aromatic heterocycles. The minimum atomic E-state index is -0.829. The molecular weight excluding hydrogens is 488 g/mol. The number of aliphatic hydroxyl groups is 1. The monoisotopic (exact) mass is 524 g/mol. The van der Waals surface area contributed by atoms with Crippen LogP contribution in [0.1, 0.15) is 36.0 Å². The first-order chi connectivity index (χ1) is 18.2. The van der Waals surface area contributed by atoms with Gasteiger partial charge in [0.1, 0.15) is 24.4 Å². The summed E-state index contributed by atoms with van der Waals surface area (Å²) in [5.74, 6) is 0.586. The van der Waals surface area contributed by atoms with Gasteiger partial charge in [-0.05, 0) is 36.0 Å². The molecule has 0 amide bonds. The maximum absolute atomic E-state index is 11.4. The van der Waals surface area contributed by atoms with E-state index in [1.807, 2.05) is 91.0 Å². The van der Waals surface area contributed by atoms with Crippen LogP contribution in [0.5, 0.6) is 0 Å². The van der Waals surface area contributed by atoms with Gasteiger partial charge in [-0.25, -0.2) is 0 Å². The Morgan fingerprint density at radius 3 is 1.70 bits per heavy atom. The third-order valence-electron chi connectivity index (χ3n) is 6.59. The van der Waals surface area contributed by atoms with Crippen LogP contribution in [0.25, 0.3) is 0 Å². The van der Waals surface area contributed by atoms with Gasteiger partial charge in [0.2, 0.25) is 0 Å². The number of hydrogen-bond donors (Lipinski definition) is 1. The zero-order chi connectivity index (χ0) is 25.7. The fraction of sp³-hybridized carbons (Fsp3) is 0.419. The predicted octanol–water partition coefficient (Wildman–Crippen LogP) is 5.91. The molecule has 1 fully saturated rings. The molecule has 1 heterocycles. The molecule has 1 aliphatic rings. The Morgan fingerprint density at radius 2 is 1.16 bits per heavy atom. The highest BCUT2D eigenvalue weighted by Gasteiger charge is 2.46. The fourth-order valence-electron chi connectivity index (χ4n) is 4.61. The lowest BCUT2D eigenvalue weighted by molar-refractivity contribution is -0.262. The van der Waals surface area contributed by atoms with Crippen LogP contribution in [-0.4, -0.2) is 48.1 Å². The number of benzene rings is 3. The topological polar surface area (TPSA) is 57.2 Å². The van der Waals surface area contributed by atoms with E-state index in [1.54, 1.807) is 0 Å². The van der Waals surface area contributed by atoms with Crippen molar-refractivity contribution in [3.05, 3.63) is 108 Å². The standard InChI is InChI=1S/C31H37ClO5/c32-19-11-10-18-27-29(33)31(36-22-26-16-8-3-9-17-26)30(35-21-25-14-6-2-7-15-25)28(37-27)23-34-20-24-12-4-1-5-13-24/h1-9,12-17,27-31,33H,10-11,18-23H2/t27-,28-,29+,30-,31-/m1/s1. The van der Waals surface area contributed by atoms with E-state index in [0.717, 1.165) is 29.5 Å². The molecule has 1 saturated heterocycles. The zero-order valence-electron chi connectivity index (χ0n) is 21.2. The highest BCUT2D eigenvalue weighted by Crippen LogP contribution is 2.30. The molecule has 0 aliphatic carbocycles. The normalized spacial score (nSPS) is 23.7. The summed E-state index contributed by atoms with van der Waals surface area (Å²) < 4.78 is 25.3. The molecule has 5 nitrogen and oxygen atoms in total. The Hall–Kier alpha value is -2.25. The third-order valence-corrected chi connectivity index (χ3v) is 6.86. The number of ether oxygens (including phenoxy) is 4. The Morgan fingerprint density at radius 1 is 0.649 bits per heavy atom. The van der Waals surface area contributed by atoms with Crippen molar-refractivity contribution in [1.29, 1.82) is 0 Å². The highest BCUT2D eigenvalue weighted by molar-refractivity contribution is 6.17. The van der Waals surface area contributed by atoms with E-state index in [2.05, 4.69) is 0 Å². The highest BCUT2D eigenvalue weighted by atomic mass is 35.5. The van der Waals surface area contributed by atoms with E-state index in [9.17, 15) is 5.11 Å². The van der Waals surface area contributed by atoms with Crippen molar-refractivity contribution in [2.24, 2.45) is 0 Å². The van der Waals surface area contributed by atoms with Gasteiger partial charge in [-0.2, -0.15) is 0 Å². The van der Waals surface area contributed by atoms with Crippen molar-refractivity contribution < 1.29 is 24.1 Å². The smallest absolute Gasteiger partial charge is 0.115 e. The average Bonchev–Trinajstić information content (AvgIpc) is 2.94. The van der Waals surface area contributed by atoms with Crippen LogP contribution in [0.15, 0.2) is 91.0 Å². The summed E-state index contributed by atoms with van der Waals surface area (Å²) in [6.07, 6.45) is -0.243. The Kier molecular flexibility index (Phi) is 11.4. The number of halogens is 1. The van der Waals surface area contributed by atoms with Crippen molar-refractivity contribution in [3.8, 4) is 0 Å². The lowest BCUT2D eigenvalue weighted by Crippen LogP contribution is -2.60. The first-order valence-electron chi connectivity index (χ1n) is 13.1. The molecule has 0 unspecified atom stereocenters. The third kappa shape index (κ3) is 8.64. The fourth-order valence-corrected chi connectivity index (χ4v) is 4.80. The molecule has 0 radical (unpaired) electrons. The summed E-state index contributed by atoms with van der Waals surface area (Å²) >= 11 is 5.91. The molecule has 1 N–H and O–H groups in total. The summed E-state index contributed by atoms with van der Waals surface area (Å²) in [5.41, 5.74) is 3.18. The molecule has 3 aromatic rings. The second kappa shape index (κ2) is 15.2. The number of hydrogen-bond acceptors (Lipinski definition) is 5. The van der Waals surface area contributed by atoms with Crippen molar-refractivity contribution in [3.63, 3.8) is 0 Å². The summed E-state index contributed by atoms with van der Waals surface area (Å²) in [5, 5.41) is 11.4. The Bertz CT molecular complexity index is 1000. The number of aliphatic hydroxyl groups excluding tert-OH is 1. The van der Waals surface area contributed by atoms with Gasteiger partial charge in [-0.3, -0.25) is 0 Å². The van der Waals surface area contributed by atoms with Gasteiger partial charge in [0.15, 0.2) is 0 Å². The Balaban J connectivity index is 1.50. The second-order valence-electron chi connectivity index (χ2n) is 9.41. The van der Waals surface area contributed by atoms with E-state index < -0.39 is 24.4 Å². The van der Waals surface area contributed by atoms with E-state index >= 15 is 0 Å². The van der Waals surface area contributed by atoms with Gasteiger partial charge in [0, 0.05) is 5.88 Å². The maximum atomic E-state index is 11.4. The molecule has 3 aromatic carbocycles. The van der Waals surface area contributed by atoms with Crippen LogP contribution in [0, 0.1) is 0 Å². The molecule has 4 rings (SSSR count). The summed E-state index contributed by atoms with van der Waals surface area (Å²) in [4.78, 5) is 0. The zero-order valence-corrected chi connectivity index (χ0v) is 21.9. The van der Waals surface area contributed by atoms with Gasteiger partial charge in [0.25, 0.3) is 0 Å². The van der Waals surface area contributed by atoms with Gasteiger partial charge >= 0.3 is 0 Å². The van der Waals surface area contributed by atoms with Gasteiger partial charge in [0.05, 0.1) is 32.5 Å². The van der Waals surface area contributed by atoms with E-state index in [4.69, 9.17) is 30.5 Å². The van der Waals surface area contributed by atoms with Crippen LogP contribution >= 0.6 is 11.6 Å². The van der Waals surface area contributed by atoms with Crippen LogP contribution in [0.3, 0.4) is 0 Å². The van der Waals surface area contributed by atoms with Crippen LogP contribution in [0.4, 0.5) is 0 Å². The second-order valence-corrected chi connectivity index (χ2v) is 9.79. The molecule has 6 heteroatoms. The lowest BCUT2D eigenvalue weighted by atomic mass is 9.92. The summed E-state index contributed by atoms with van der Waals surface area (Å²) in [6.45, 7) is 1.57. The Labute approximate surface area is 225 Å². The van der Waals surface area contributed by atoms with Gasteiger partial charge in [-0.15, -0.1) is 11.6 Å². The van der Waals surface area contributed by atoms with E-state index in [1.165, 1.54) is 0 Å². The lowest BCUT2D eigenvalue weighted by Gasteiger charge is -2.44. The largest absolute Gasteiger partial charge is 0.388 e. The molecule has 0 bridgehead atoms. The molecule has 5 atom stereocenters. The van der Waals surface area contributed by atoms with Crippen LogP contribution in [0.2, 0.25) is 0 Å². The maximum Gasteiger partial charge on any atom is 0.115 e. The first kappa shape index (κ1) is 27.8. The molecule has 0 saturated carbocycles. The summed E-state index contributed by atoms with van der Waals surface area (Å²) in [7, 11) is 0. The summed E-state index contributed by atoms with van der Waals surface area (Å²) in [6, 6.07) is 30.0. The van der Waals surface area contributed by atoms with Gasteiger partial charge in [-0.1, -0.05) is 91.0 Å². The SMILES string of the molecule is O[C@@H]1[C@@H](OCc2ccccc2)[C@H](OCc2ccccc2)[C@@H](COCc2ccccc2)O[C@@H]1CCCCCl. The molecule has 198 valence electrons. The first-order valence-corrected chi connectivity index (χ1v) is 13.6. The molecule has 37 heavy (non-hydrogen) atoms. The number of unbranched alkanes of at least 4 members (excludes halogenated alkanes) is 1. The van der Waals surface area contributed by atoms with Crippen molar-refractivity contribution in [1.82, 2.24) is 0 Å². The van der Waals surface area contributed by atoms with E-state index in [-0.39, 0.29) is 6.10 Å². The number of rotatable bonds is 14. The van der Waals surface area contributed by atoms with Crippen molar-refractivity contribution in [2.75, 3.05) is 12.5 Å². The van der Waals surface area contributed by atoms with Gasteiger partial charge < -0.3 is 24.1 Å².